The van der Waals surface area contributed by atoms with Gasteiger partial charge in [0.15, 0.2) is 0 Å². The number of allylic oxidation sites excluding steroid dienone is 1. The van der Waals surface area contributed by atoms with Crippen molar-refractivity contribution in [2.24, 2.45) is 28.6 Å². The van der Waals surface area contributed by atoms with Crippen molar-refractivity contribution in [2.45, 2.75) is 57.3 Å². The third-order valence-corrected chi connectivity index (χ3v) is 8.30. The molecular formula is C21H28O6. The number of carbonyl (C=O) groups excluding carboxylic acids is 1. The standard InChI is InChI=1S/C21H28O6/c1-10-8-20-9-21(10,26)6-5-13(20)12-7-14(27-4)17(23)19(3,11(2)22)15(12)16(20)18(24)25/h7,13-17,23,26H,1,5-6,8-9H2,2-4H3,(H,24,25)/t13-,14+,15+,16+,17-,19-,20-,21-/m0/s1. The molecule has 4 rings (SSSR count). The number of carbonyl (C=O) groups is 2. The Morgan fingerprint density at radius 1 is 1.37 bits per heavy atom. The third kappa shape index (κ3) is 2.07. The Hall–Kier alpha value is -1.50. The first-order valence-corrected chi connectivity index (χ1v) is 9.60. The van der Waals surface area contributed by atoms with Gasteiger partial charge in [0.2, 0.25) is 0 Å². The van der Waals surface area contributed by atoms with Crippen molar-refractivity contribution in [3.63, 3.8) is 0 Å². The maximum atomic E-state index is 12.7. The van der Waals surface area contributed by atoms with E-state index in [1.165, 1.54) is 14.0 Å². The summed E-state index contributed by atoms with van der Waals surface area (Å²) in [5, 5.41) is 32.2. The minimum absolute atomic E-state index is 0.0491. The SMILES string of the molecule is C=C1C[C@]23C[C@@]1(O)CC[C@H]2C1=C[C@@H](OC)[C@H](O)[C@@](C)(C(C)=O)[C@H]1[C@@H]3C(=O)O. The lowest BCUT2D eigenvalue weighted by Crippen LogP contribution is -2.56. The van der Waals surface area contributed by atoms with Gasteiger partial charge in [0.05, 0.1) is 23.0 Å². The highest BCUT2D eigenvalue weighted by Gasteiger charge is 2.73. The molecule has 0 saturated heterocycles. The molecule has 0 aliphatic heterocycles. The van der Waals surface area contributed by atoms with Crippen LogP contribution in [-0.2, 0) is 14.3 Å². The topological polar surface area (TPSA) is 104 Å². The molecule has 0 aromatic carbocycles. The molecule has 4 aliphatic rings. The van der Waals surface area contributed by atoms with Crippen LogP contribution in [0.2, 0.25) is 0 Å². The number of carboxylic acids is 1. The predicted octanol–water partition coefficient (Wildman–Crippen LogP) is 1.71. The number of Topliss-reactive ketones (excluding diaryl/α,β-unsaturated/α-hetero) is 1. The van der Waals surface area contributed by atoms with Crippen molar-refractivity contribution in [3.8, 4) is 0 Å². The molecule has 6 nitrogen and oxygen atoms in total. The summed E-state index contributed by atoms with van der Waals surface area (Å²) in [7, 11) is 1.49. The van der Waals surface area contributed by atoms with Gasteiger partial charge in [-0.3, -0.25) is 9.59 Å². The lowest BCUT2D eigenvalue weighted by molar-refractivity contribution is -0.160. The summed E-state index contributed by atoms with van der Waals surface area (Å²) in [6.45, 7) is 7.14. The molecule has 3 fully saturated rings. The van der Waals surface area contributed by atoms with E-state index in [2.05, 4.69) is 6.58 Å². The summed E-state index contributed by atoms with van der Waals surface area (Å²) in [6.07, 6.45) is 2.08. The van der Waals surface area contributed by atoms with Crippen molar-refractivity contribution in [3.05, 3.63) is 23.8 Å². The number of fused-ring (bicyclic) bond motifs is 3. The lowest BCUT2D eigenvalue weighted by Gasteiger charge is -2.46. The number of ether oxygens (including phenoxy) is 1. The third-order valence-electron chi connectivity index (χ3n) is 8.30. The van der Waals surface area contributed by atoms with Gasteiger partial charge in [-0.2, -0.15) is 0 Å². The van der Waals surface area contributed by atoms with Crippen molar-refractivity contribution in [2.75, 3.05) is 7.11 Å². The Balaban J connectivity index is 1.96. The van der Waals surface area contributed by atoms with E-state index in [1.54, 1.807) is 6.92 Å². The molecule has 8 atom stereocenters. The van der Waals surface area contributed by atoms with Crippen LogP contribution in [0.5, 0.6) is 0 Å². The van der Waals surface area contributed by atoms with Gasteiger partial charge in [0.1, 0.15) is 11.9 Å². The van der Waals surface area contributed by atoms with E-state index in [0.717, 1.165) is 5.57 Å². The summed E-state index contributed by atoms with van der Waals surface area (Å²) >= 11 is 0. The molecule has 3 N–H and O–H groups in total. The van der Waals surface area contributed by atoms with Crippen LogP contribution in [0.4, 0.5) is 0 Å². The van der Waals surface area contributed by atoms with E-state index in [4.69, 9.17) is 4.74 Å². The maximum absolute atomic E-state index is 12.7. The molecule has 0 aromatic heterocycles. The van der Waals surface area contributed by atoms with E-state index in [1.807, 2.05) is 6.08 Å². The summed E-state index contributed by atoms with van der Waals surface area (Å²) in [6, 6.07) is 0. The smallest absolute Gasteiger partial charge is 0.307 e. The number of methoxy groups -OCH3 is 1. The van der Waals surface area contributed by atoms with Crippen LogP contribution in [0.15, 0.2) is 23.8 Å². The van der Waals surface area contributed by atoms with E-state index in [9.17, 15) is 24.9 Å². The average molecular weight is 376 g/mol. The molecule has 6 heteroatoms. The highest BCUT2D eigenvalue weighted by Crippen LogP contribution is 2.73. The van der Waals surface area contributed by atoms with Crippen LogP contribution < -0.4 is 0 Å². The van der Waals surface area contributed by atoms with Crippen LogP contribution in [0.25, 0.3) is 0 Å². The predicted molar refractivity (Wildman–Crippen MR) is 96.8 cm³/mol. The van der Waals surface area contributed by atoms with E-state index in [-0.39, 0.29) is 11.7 Å². The molecule has 27 heavy (non-hydrogen) atoms. The second-order valence-electron chi connectivity index (χ2n) is 9.26. The number of aliphatic hydroxyl groups is 2. The van der Waals surface area contributed by atoms with Crippen molar-refractivity contribution >= 4 is 11.8 Å². The zero-order chi connectivity index (χ0) is 19.9. The number of hydrogen-bond acceptors (Lipinski definition) is 5. The van der Waals surface area contributed by atoms with Crippen LogP contribution in [-0.4, -0.2) is 52.0 Å². The normalized spacial score (nSPS) is 50.8. The maximum Gasteiger partial charge on any atom is 0.307 e. The van der Waals surface area contributed by atoms with E-state index >= 15 is 0 Å². The second kappa shape index (κ2) is 5.52. The molecule has 0 aromatic rings. The minimum atomic E-state index is -1.25. The zero-order valence-corrected chi connectivity index (χ0v) is 16.1. The van der Waals surface area contributed by atoms with Crippen molar-refractivity contribution in [1.82, 2.24) is 0 Å². The van der Waals surface area contributed by atoms with Gasteiger partial charge >= 0.3 is 5.97 Å². The monoisotopic (exact) mass is 376 g/mol. The number of hydrogen-bond donors (Lipinski definition) is 3. The quantitative estimate of drug-likeness (QED) is 0.648. The number of aliphatic hydroxyl groups excluding tert-OH is 1. The van der Waals surface area contributed by atoms with Crippen LogP contribution in [0.3, 0.4) is 0 Å². The Kier molecular flexibility index (Phi) is 3.85. The molecule has 2 bridgehead atoms. The highest BCUT2D eigenvalue weighted by atomic mass is 16.5. The number of rotatable bonds is 3. The van der Waals surface area contributed by atoms with E-state index in [0.29, 0.717) is 31.3 Å². The Labute approximate surface area is 158 Å². The highest BCUT2D eigenvalue weighted by molar-refractivity contribution is 5.86. The number of carboxylic acid groups (broad SMARTS) is 1. The fourth-order valence-corrected chi connectivity index (χ4v) is 6.88. The van der Waals surface area contributed by atoms with Gasteiger partial charge in [-0.15, -0.1) is 0 Å². The zero-order valence-electron chi connectivity index (χ0n) is 16.1. The van der Waals surface area contributed by atoms with Gasteiger partial charge in [0, 0.05) is 13.0 Å². The van der Waals surface area contributed by atoms with E-state index < -0.39 is 46.4 Å². The first-order chi connectivity index (χ1) is 12.5. The number of aliphatic carboxylic acids is 1. The molecule has 0 heterocycles. The molecule has 0 unspecified atom stereocenters. The molecule has 0 radical (unpaired) electrons. The largest absolute Gasteiger partial charge is 0.481 e. The summed E-state index contributed by atoms with van der Waals surface area (Å²) in [4.78, 5) is 25.2. The fraction of sp³-hybridized carbons (Fsp3) is 0.714. The molecule has 3 saturated carbocycles. The van der Waals surface area contributed by atoms with Crippen LogP contribution >= 0.6 is 0 Å². The van der Waals surface area contributed by atoms with Crippen LogP contribution in [0, 0.1) is 28.6 Å². The van der Waals surface area contributed by atoms with Gasteiger partial charge in [0.25, 0.3) is 0 Å². The summed E-state index contributed by atoms with van der Waals surface area (Å²) < 4.78 is 5.46. The van der Waals surface area contributed by atoms with Crippen LogP contribution in [0.1, 0.15) is 39.5 Å². The number of ketones is 1. The lowest BCUT2D eigenvalue weighted by atomic mass is 9.59. The average Bonchev–Trinajstić information content (AvgIpc) is 2.97. The molecular weight excluding hydrogens is 348 g/mol. The molecule has 0 amide bonds. The minimum Gasteiger partial charge on any atom is -0.481 e. The van der Waals surface area contributed by atoms with Gasteiger partial charge in [-0.25, -0.2) is 0 Å². The Morgan fingerprint density at radius 3 is 2.59 bits per heavy atom. The van der Waals surface area contributed by atoms with Gasteiger partial charge in [-0.05, 0) is 56.4 Å². The van der Waals surface area contributed by atoms with Crippen molar-refractivity contribution in [1.29, 1.82) is 0 Å². The Bertz CT molecular complexity index is 771. The first-order valence-electron chi connectivity index (χ1n) is 9.60. The van der Waals surface area contributed by atoms with Gasteiger partial charge < -0.3 is 20.1 Å². The summed E-state index contributed by atoms with van der Waals surface area (Å²) in [5.74, 6) is -2.70. The molecule has 4 aliphatic carbocycles. The fourth-order valence-electron chi connectivity index (χ4n) is 6.88. The second-order valence-corrected chi connectivity index (χ2v) is 9.26. The first kappa shape index (κ1) is 18.8. The summed E-state index contributed by atoms with van der Waals surface area (Å²) in [5.41, 5.74) is -1.32. The molecule has 1 spiro atoms. The van der Waals surface area contributed by atoms with Crippen molar-refractivity contribution < 1.29 is 29.6 Å². The Morgan fingerprint density at radius 2 is 2.04 bits per heavy atom. The van der Waals surface area contributed by atoms with Gasteiger partial charge in [-0.1, -0.05) is 18.2 Å². The molecule has 148 valence electrons.